The lowest BCUT2D eigenvalue weighted by atomic mass is 9.76. The second-order valence-corrected chi connectivity index (χ2v) is 8.11. The van der Waals surface area contributed by atoms with Crippen molar-refractivity contribution in [2.75, 3.05) is 5.32 Å². The monoisotopic (exact) mass is 391 g/mol. The minimum Gasteiger partial charge on any atom is -0.392 e. The van der Waals surface area contributed by atoms with Gasteiger partial charge >= 0.3 is 0 Å². The zero-order valence-corrected chi connectivity index (χ0v) is 16.1. The Morgan fingerprint density at radius 1 is 1.26 bits per heavy atom. The van der Waals surface area contributed by atoms with Crippen LogP contribution in [0.15, 0.2) is 18.2 Å². The first-order chi connectivity index (χ1) is 12.7. The van der Waals surface area contributed by atoms with E-state index in [1.165, 1.54) is 4.90 Å². The van der Waals surface area contributed by atoms with E-state index in [-0.39, 0.29) is 17.9 Å². The summed E-state index contributed by atoms with van der Waals surface area (Å²) in [7, 11) is 0. The van der Waals surface area contributed by atoms with Crippen LogP contribution in [0.2, 0.25) is 5.02 Å². The zero-order valence-electron chi connectivity index (χ0n) is 15.3. The number of imide groups is 1. The molecule has 3 aliphatic heterocycles. The van der Waals surface area contributed by atoms with Crippen LogP contribution in [0.4, 0.5) is 5.69 Å². The molecule has 27 heavy (non-hydrogen) atoms. The fourth-order valence-electron chi connectivity index (χ4n) is 4.76. The van der Waals surface area contributed by atoms with Gasteiger partial charge in [0.2, 0.25) is 17.7 Å². The fourth-order valence-corrected chi connectivity index (χ4v) is 4.93. The molecule has 1 spiro atoms. The number of amides is 3. The highest BCUT2D eigenvalue weighted by Gasteiger charge is 2.71. The van der Waals surface area contributed by atoms with E-state index < -0.39 is 35.4 Å². The van der Waals surface area contributed by atoms with Crippen LogP contribution >= 0.6 is 11.6 Å². The average molecular weight is 392 g/mol. The molecule has 0 saturated carbocycles. The Balaban J connectivity index is 1.92. The molecule has 0 bridgehead atoms. The maximum absolute atomic E-state index is 13.3. The molecule has 1 aromatic carbocycles. The number of nitrogens with one attached hydrogen (secondary N) is 2. The van der Waals surface area contributed by atoms with E-state index in [0.717, 1.165) is 0 Å². The van der Waals surface area contributed by atoms with Crippen molar-refractivity contribution < 1.29 is 19.5 Å². The number of halogens is 1. The van der Waals surface area contributed by atoms with Crippen molar-refractivity contribution in [1.29, 1.82) is 0 Å². The number of carbonyl (C=O) groups excluding carboxylic acids is 3. The van der Waals surface area contributed by atoms with Crippen molar-refractivity contribution in [1.82, 2.24) is 10.2 Å². The van der Waals surface area contributed by atoms with Gasteiger partial charge in [-0.15, -0.1) is 0 Å². The highest BCUT2D eigenvalue weighted by atomic mass is 35.5. The Labute approximate surface area is 162 Å². The van der Waals surface area contributed by atoms with Crippen molar-refractivity contribution >= 4 is 35.0 Å². The van der Waals surface area contributed by atoms with E-state index in [2.05, 4.69) is 10.6 Å². The molecule has 0 aliphatic carbocycles. The second-order valence-electron chi connectivity index (χ2n) is 7.67. The summed E-state index contributed by atoms with van der Waals surface area (Å²) in [6, 6.07) is 4.00. The molecule has 144 valence electrons. The third kappa shape index (κ3) is 2.25. The lowest BCUT2D eigenvalue weighted by Gasteiger charge is -2.31. The number of benzene rings is 1. The van der Waals surface area contributed by atoms with Gasteiger partial charge in [0.1, 0.15) is 5.54 Å². The second kappa shape index (κ2) is 6.02. The predicted molar refractivity (Wildman–Crippen MR) is 99.0 cm³/mol. The summed E-state index contributed by atoms with van der Waals surface area (Å²) in [5.41, 5.74) is -0.309. The molecule has 2 fully saturated rings. The molecular weight excluding hydrogens is 370 g/mol. The SMILES string of the molecule is CC[C@H](C)N1C(=O)[C@@H]2[C@@H]([C@H](C)O)N[C@]3(C(=O)Nc4ccc(Cl)cc43)[C@@H]2C1=O. The summed E-state index contributed by atoms with van der Waals surface area (Å²) in [4.78, 5) is 40.8. The molecule has 8 heteroatoms. The standard InChI is InChI=1S/C19H22ClN3O4/c1-4-8(2)23-16(25)13-14(17(23)26)19(22-15(13)9(3)24)11-7-10(20)5-6-12(11)21-18(19)27/h5-9,13-15,22,24H,4H2,1-3H3,(H,21,27)/t8-,9-,13-,14-,15+,19-/m0/s1. The van der Waals surface area contributed by atoms with Gasteiger partial charge in [-0.1, -0.05) is 18.5 Å². The maximum atomic E-state index is 13.3. The van der Waals surface area contributed by atoms with Crippen LogP contribution in [0, 0.1) is 11.8 Å². The molecule has 7 nitrogen and oxygen atoms in total. The van der Waals surface area contributed by atoms with E-state index in [4.69, 9.17) is 11.6 Å². The van der Waals surface area contributed by atoms with Crippen LogP contribution in [0.5, 0.6) is 0 Å². The Bertz CT molecular complexity index is 857. The molecule has 3 aliphatic rings. The van der Waals surface area contributed by atoms with Gasteiger partial charge in [0.15, 0.2) is 0 Å². The third-order valence-corrected chi connectivity index (χ3v) is 6.43. The topological polar surface area (TPSA) is 98.7 Å². The first-order valence-electron chi connectivity index (χ1n) is 9.18. The lowest BCUT2D eigenvalue weighted by Crippen LogP contribution is -2.55. The van der Waals surface area contributed by atoms with Crippen molar-refractivity contribution in [2.45, 2.75) is 50.9 Å². The van der Waals surface area contributed by atoms with Gasteiger partial charge in [-0.25, -0.2) is 0 Å². The van der Waals surface area contributed by atoms with Crippen molar-refractivity contribution in [3.63, 3.8) is 0 Å². The molecule has 3 amide bonds. The van der Waals surface area contributed by atoms with Gasteiger partial charge in [-0.3, -0.25) is 24.6 Å². The summed E-state index contributed by atoms with van der Waals surface area (Å²) in [5, 5.41) is 16.7. The first kappa shape index (κ1) is 18.4. The maximum Gasteiger partial charge on any atom is 0.250 e. The Morgan fingerprint density at radius 3 is 2.59 bits per heavy atom. The molecule has 4 rings (SSSR count). The number of likely N-dealkylation sites (tertiary alicyclic amines) is 1. The minimum atomic E-state index is -1.42. The first-order valence-corrected chi connectivity index (χ1v) is 9.56. The van der Waals surface area contributed by atoms with E-state index in [0.29, 0.717) is 22.7 Å². The summed E-state index contributed by atoms with van der Waals surface area (Å²) >= 11 is 6.16. The van der Waals surface area contributed by atoms with Crippen LogP contribution in [-0.4, -0.2) is 45.9 Å². The number of aliphatic hydroxyl groups is 1. The predicted octanol–water partition coefficient (Wildman–Crippen LogP) is 1.24. The molecule has 1 aromatic rings. The fraction of sp³-hybridized carbons (Fsp3) is 0.526. The van der Waals surface area contributed by atoms with E-state index >= 15 is 0 Å². The molecule has 0 unspecified atom stereocenters. The molecular formula is C19H22ClN3O4. The number of hydrogen-bond donors (Lipinski definition) is 3. The van der Waals surface area contributed by atoms with Crippen molar-refractivity contribution in [3.05, 3.63) is 28.8 Å². The van der Waals surface area contributed by atoms with Crippen molar-refractivity contribution in [2.24, 2.45) is 11.8 Å². The third-order valence-electron chi connectivity index (χ3n) is 6.20. The van der Waals surface area contributed by atoms with Gasteiger partial charge < -0.3 is 10.4 Å². The number of hydrogen-bond acceptors (Lipinski definition) is 5. The Kier molecular flexibility index (Phi) is 4.10. The summed E-state index contributed by atoms with van der Waals surface area (Å²) in [6.45, 7) is 5.27. The summed E-state index contributed by atoms with van der Waals surface area (Å²) < 4.78 is 0. The average Bonchev–Trinajstić information content (AvgIpc) is 3.20. The van der Waals surface area contributed by atoms with Gasteiger partial charge in [0.05, 0.1) is 17.9 Å². The zero-order chi connectivity index (χ0) is 19.7. The highest BCUT2D eigenvalue weighted by molar-refractivity contribution is 6.31. The van der Waals surface area contributed by atoms with Gasteiger partial charge in [0, 0.05) is 28.4 Å². The van der Waals surface area contributed by atoms with Gasteiger partial charge in [-0.2, -0.15) is 0 Å². The quantitative estimate of drug-likeness (QED) is 0.673. The van der Waals surface area contributed by atoms with Gasteiger partial charge in [-0.05, 0) is 38.5 Å². The van der Waals surface area contributed by atoms with E-state index in [1.54, 1.807) is 25.1 Å². The lowest BCUT2D eigenvalue weighted by molar-refractivity contribution is -0.145. The largest absolute Gasteiger partial charge is 0.392 e. The normalized spacial score (nSPS) is 34.0. The summed E-state index contributed by atoms with van der Waals surface area (Å²) in [6.07, 6.45) is -0.299. The van der Waals surface area contributed by atoms with Crippen LogP contribution < -0.4 is 10.6 Å². The minimum absolute atomic E-state index is 0.273. The van der Waals surface area contributed by atoms with Crippen LogP contribution in [0.1, 0.15) is 32.8 Å². The van der Waals surface area contributed by atoms with E-state index in [9.17, 15) is 19.5 Å². The number of anilines is 1. The summed E-state index contributed by atoms with van der Waals surface area (Å²) in [5.74, 6) is -2.83. The Hall–Kier alpha value is -1.96. The Morgan fingerprint density at radius 2 is 1.96 bits per heavy atom. The van der Waals surface area contributed by atoms with Crippen LogP contribution in [0.25, 0.3) is 0 Å². The molecule has 6 atom stereocenters. The van der Waals surface area contributed by atoms with Crippen LogP contribution in [-0.2, 0) is 19.9 Å². The van der Waals surface area contributed by atoms with Gasteiger partial charge in [0.25, 0.3) is 0 Å². The number of carbonyl (C=O) groups is 3. The molecule has 3 N–H and O–H groups in total. The number of fused-ring (bicyclic) bond motifs is 4. The molecule has 2 saturated heterocycles. The molecule has 0 radical (unpaired) electrons. The number of rotatable bonds is 3. The molecule has 3 heterocycles. The van der Waals surface area contributed by atoms with Crippen LogP contribution in [0.3, 0.4) is 0 Å². The number of nitrogens with zero attached hydrogens (tertiary/aromatic N) is 1. The number of aliphatic hydroxyl groups excluding tert-OH is 1. The highest BCUT2D eigenvalue weighted by Crippen LogP contribution is 2.54. The van der Waals surface area contributed by atoms with E-state index in [1.807, 2.05) is 13.8 Å². The van der Waals surface area contributed by atoms with Crippen molar-refractivity contribution in [3.8, 4) is 0 Å². The molecule has 0 aromatic heterocycles. The smallest absolute Gasteiger partial charge is 0.250 e.